The zero-order chi connectivity index (χ0) is 13.7. The van der Waals surface area contributed by atoms with E-state index in [4.69, 9.17) is 5.73 Å². The van der Waals surface area contributed by atoms with Gasteiger partial charge >= 0.3 is 0 Å². The molecule has 1 amide bonds. The quantitative estimate of drug-likeness (QED) is 0.849. The number of nitrogens with two attached hydrogens (primary N) is 1. The first kappa shape index (κ1) is 13.9. The highest BCUT2D eigenvalue weighted by atomic mass is 16.2. The summed E-state index contributed by atoms with van der Waals surface area (Å²) in [5.41, 5.74) is 7.45. The molecule has 0 radical (unpaired) electrons. The van der Waals surface area contributed by atoms with E-state index in [9.17, 15) is 4.79 Å². The molecule has 1 fully saturated rings. The number of benzene rings is 1. The minimum Gasteiger partial charge on any atom is -0.399 e. The van der Waals surface area contributed by atoms with Crippen molar-refractivity contribution in [2.24, 2.45) is 5.92 Å². The fourth-order valence-electron chi connectivity index (χ4n) is 2.74. The van der Waals surface area contributed by atoms with Crippen molar-refractivity contribution in [3.8, 4) is 0 Å². The Balaban J connectivity index is 1.90. The average molecular weight is 260 g/mol. The summed E-state index contributed by atoms with van der Waals surface area (Å²) < 4.78 is 0. The fraction of sp³-hybridized carbons (Fsp3) is 0.562. The zero-order valence-corrected chi connectivity index (χ0v) is 11.8. The Hall–Kier alpha value is -1.51. The van der Waals surface area contributed by atoms with Crippen LogP contribution in [0.5, 0.6) is 0 Å². The molecule has 1 aliphatic rings. The van der Waals surface area contributed by atoms with Crippen LogP contribution in [0.15, 0.2) is 24.3 Å². The lowest BCUT2D eigenvalue weighted by molar-refractivity contribution is -0.130. The van der Waals surface area contributed by atoms with E-state index in [1.165, 1.54) is 12.8 Å². The highest BCUT2D eigenvalue weighted by Gasteiger charge is 2.19. The number of carbonyl (C=O) groups is 1. The number of nitrogens with zero attached hydrogens (tertiary/aromatic N) is 1. The molecule has 104 valence electrons. The number of rotatable bonds is 3. The Morgan fingerprint density at radius 3 is 2.68 bits per heavy atom. The summed E-state index contributed by atoms with van der Waals surface area (Å²) in [6.07, 6.45) is 5.30. The van der Waals surface area contributed by atoms with Crippen molar-refractivity contribution in [1.29, 1.82) is 0 Å². The molecule has 1 unspecified atom stereocenters. The van der Waals surface area contributed by atoms with Gasteiger partial charge in [0, 0.05) is 18.8 Å². The van der Waals surface area contributed by atoms with Gasteiger partial charge in [-0.05, 0) is 42.9 Å². The predicted octanol–water partition coefficient (Wildman–Crippen LogP) is 2.85. The molecular formula is C16H24N2O. The summed E-state index contributed by atoms with van der Waals surface area (Å²) in [5, 5.41) is 0. The van der Waals surface area contributed by atoms with Gasteiger partial charge < -0.3 is 10.6 Å². The van der Waals surface area contributed by atoms with Gasteiger partial charge in [-0.15, -0.1) is 0 Å². The normalized spacial score (nSPS) is 20.1. The van der Waals surface area contributed by atoms with Gasteiger partial charge in [0.15, 0.2) is 0 Å². The lowest BCUT2D eigenvalue weighted by Crippen LogP contribution is -2.33. The summed E-state index contributed by atoms with van der Waals surface area (Å²) in [4.78, 5) is 14.3. The van der Waals surface area contributed by atoms with Crippen molar-refractivity contribution >= 4 is 11.6 Å². The van der Waals surface area contributed by atoms with E-state index in [0.717, 1.165) is 43.1 Å². The van der Waals surface area contributed by atoms with Gasteiger partial charge in [0.05, 0.1) is 6.42 Å². The van der Waals surface area contributed by atoms with Crippen LogP contribution < -0.4 is 5.73 Å². The molecule has 0 aromatic heterocycles. The van der Waals surface area contributed by atoms with E-state index in [1.54, 1.807) is 0 Å². The van der Waals surface area contributed by atoms with E-state index in [2.05, 4.69) is 6.92 Å². The molecule has 19 heavy (non-hydrogen) atoms. The van der Waals surface area contributed by atoms with Gasteiger partial charge in [-0.25, -0.2) is 0 Å². The maximum Gasteiger partial charge on any atom is 0.226 e. The second-order valence-electron chi connectivity index (χ2n) is 5.50. The molecule has 2 N–H and O–H groups in total. The molecule has 0 bridgehead atoms. The van der Waals surface area contributed by atoms with Gasteiger partial charge in [0.25, 0.3) is 0 Å². The van der Waals surface area contributed by atoms with Crippen LogP contribution in [0.3, 0.4) is 0 Å². The van der Waals surface area contributed by atoms with Gasteiger partial charge in [-0.1, -0.05) is 25.5 Å². The number of nitrogen functional groups attached to an aromatic ring is 1. The SMILES string of the molecule is CCC1CCCN(C(=O)Cc2ccc(N)cc2)CC1. The summed E-state index contributed by atoms with van der Waals surface area (Å²) >= 11 is 0. The maximum atomic E-state index is 12.3. The minimum absolute atomic E-state index is 0.251. The number of likely N-dealkylation sites (tertiary alicyclic amines) is 1. The van der Waals surface area contributed by atoms with Crippen molar-refractivity contribution in [3.05, 3.63) is 29.8 Å². The van der Waals surface area contributed by atoms with Crippen molar-refractivity contribution in [2.45, 2.75) is 39.0 Å². The van der Waals surface area contributed by atoms with E-state index >= 15 is 0 Å². The van der Waals surface area contributed by atoms with Gasteiger partial charge in [-0.3, -0.25) is 4.79 Å². The van der Waals surface area contributed by atoms with E-state index in [-0.39, 0.29) is 5.91 Å². The van der Waals surface area contributed by atoms with Crippen LogP contribution >= 0.6 is 0 Å². The average Bonchev–Trinajstić information content (AvgIpc) is 2.66. The molecule has 1 heterocycles. The standard InChI is InChI=1S/C16H24N2O/c1-2-13-4-3-10-18(11-9-13)16(19)12-14-5-7-15(17)8-6-14/h5-8,13H,2-4,9-12,17H2,1H3. The highest BCUT2D eigenvalue weighted by molar-refractivity contribution is 5.78. The van der Waals surface area contributed by atoms with E-state index in [1.807, 2.05) is 29.2 Å². The molecule has 1 aromatic carbocycles. The third-order valence-corrected chi connectivity index (χ3v) is 4.11. The second-order valence-corrected chi connectivity index (χ2v) is 5.50. The number of carbonyl (C=O) groups excluding carboxylic acids is 1. The molecule has 1 atom stereocenters. The first-order valence-corrected chi connectivity index (χ1v) is 7.31. The first-order valence-electron chi connectivity index (χ1n) is 7.31. The monoisotopic (exact) mass is 260 g/mol. The zero-order valence-electron chi connectivity index (χ0n) is 11.8. The summed E-state index contributed by atoms with van der Waals surface area (Å²) in [5.74, 6) is 1.05. The topological polar surface area (TPSA) is 46.3 Å². The Bertz CT molecular complexity index is 413. The van der Waals surface area contributed by atoms with Gasteiger partial charge in [-0.2, -0.15) is 0 Å². The molecule has 1 saturated heterocycles. The molecule has 0 aliphatic carbocycles. The summed E-state index contributed by atoms with van der Waals surface area (Å²) in [6, 6.07) is 7.61. The Morgan fingerprint density at radius 2 is 2.00 bits per heavy atom. The van der Waals surface area contributed by atoms with Crippen LogP contribution in [0.2, 0.25) is 0 Å². The highest BCUT2D eigenvalue weighted by Crippen LogP contribution is 2.20. The van der Waals surface area contributed by atoms with Crippen molar-refractivity contribution in [1.82, 2.24) is 4.90 Å². The smallest absolute Gasteiger partial charge is 0.226 e. The number of hydrogen-bond donors (Lipinski definition) is 1. The number of hydrogen-bond acceptors (Lipinski definition) is 2. The minimum atomic E-state index is 0.251. The van der Waals surface area contributed by atoms with E-state index in [0.29, 0.717) is 6.42 Å². The van der Waals surface area contributed by atoms with Crippen LogP contribution in [0.1, 0.15) is 38.2 Å². The Morgan fingerprint density at radius 1 is 1.26 bits per heavy atom. The van der Waals surface area contributed by atoms with Crippen LogP contribution in [-0.4, -0.2) is 23.9 Å². The Kier molecular flexibility index (Phi) is 4.83. The second kappa shape index (κ2) is 6.60. The van der Waals surface area contributed by atoms with Crippen LogP contribution in [-0.2, 0) is 11.2 Å². The van der Waals surface area contributed by atoms with Crippen LogP contribution in [0.25, 0.3) is 0 Å². The maximum absolute atomic E-state index is 12.3. The van der Waals surface area contributed by atoms with Crippen LogP contribution in [0, 0.1) is 5.92 Å². The third-order valence-electron chi connectivity index (χ3n) is 4.11. The van der Waals surface area contributed by atoms with Gasteiger partial charge in [0.2, 0.25) is 5.91 Å². The largest absolute Gasteiger partial charge is 0.399 e. The predicted molar refractivity (Wildman–Crippen MR) is 78.8 cm³/mol. The fourth-order valence-corrected chi connectivity index (χ4v) is 2.74. The summed E-state index contributed by atoms with van der Waals surface area (Å²) in [7, 11) is 0. The summed E-state index contributed by atoms with van der Waals surface area (Å²) in [6.45, 7) is 4.09. The van der Waals surface area contributed by atoms with Crippen molar-refractivity contribution in [3.63, 3.8) is 0 Å². The first-order chi connectivity index (χ1) is 9.19. The molecule has 3 nitrogen and oxygen atoms in total. The Labute approximate surface area is 115 Å². The molecule has 1 aromatic rings. The number of anilines is 1. The third kappa shape index (κ3) is 3.98. The molecule has 0 saturated carbocycles. The molecule has 2 rings (SSSR count). The molecule has 0 spiro atoms. The van der Waals surface area contributed by atoms with Crippen molar-refractivity contribution in [2.75, 3.05) is 18.8 Å². The van der Waals surface area contributed by atoms with Crippen LogP contribution in [0.4, 0.5) is 5.69 Å². The van der Waals surface area contributed by atoms with Gasteiger partial charge in [0.1, 0.15) is 0 Å². The molecular weight excluding hydrogens is 236 g/mol. The van der Waals surface area contributed by atoms with Crippen molar-refractivity contribution < 1.29 is 4.79 Å². The number of amides is 1. The lowest BCUT2D eigenvalue weighted by atomic mass is 9.98. The lowest BCUT2D eigenvalue weighted by Gasteiger charge is -2.20. The molecule has 1 aliphatic heterocycles. The van der Waals surface area contributed by atoms with E-state index < -0.39 is 0 Å². The molecule has 3 heteroatoms.